The summed E-state index contributed by atoms with van der Waals surface area (Å²) in [5.74, 6) is -0.638. The molecule has 4 aliphatic rings. The van der Waals surface area contributed by atoms with Gasteiger partial charge in [-0.25, -0.2) is 4.79 Å². The quantitative estimate of drug-likeness (QED) is 0.338. The first-order chi connectivity index (χ1) is 16.9. The minimum atomic E-state index is -1.41. The molecule has 0 unspecified atom stereocenters. The van der Waals surface area contributed by atoms with Crippen LogP contribution in [0, 0.1) is 46.3 Å². The van der Waals surface area contributed by atoms with E-state index in [4.69, 9.17) is 5.11 Å². The highest BCUT2D eigenvalue weighted by molar-refractivity contribution is 5.86. The highest BCUT2D eigenvalue weighted by atomic mass is 16.4. The largest absolute Gasteiger partial charge is 0.481 e. The minimum Gasteiger partial charge on any atom is -0.481 e. The fraction of sp³-hybridized carbons (Fsp3) is 0.893. The normalized spacial score (nSPS) is 43.4. The number of carboxylic acid groups (broad SMARTS) is 2. The first kappa shape index (κ1) is 27.4. The van der Waals surface area contributed by atoms with Crippen LogP contribution in [-0.2, 0) is 14.4 Å². The molecule has 1 amide bonds. The Morgan fingerprint density at radius 1 is 0.944 bits per heavy atom. The average Bonchev–Trinajstić information content (AvgIpc) is 3.15. The summed E-state index contributed by atoms with van der Waals surface area (Å²) in [4.78, 5) is 34.6. The van der Waals surface area contributed by atoms with E-state index in [2.05, 4.69) is 26.1 Å². The number of nitrogens with one attached hydrogen (secondary N) is 1. The van der Waals surface area contributed by atoms with E-state index in [9.17, 15) is 29.7 Å². The Hall–Kier alpha value is -1.67. The van der Waals surface area contributed by atoms with Crippen molar-refractivity contribution in [2.24, 2.45) is 46.3 Å². The lowest BCUT2D eigenvalue weighted by Crippen LogP contribution is -2.58. The molecule has 8 heteroatoms. The van der Waals surface area contributed by atoms with E-state index >= 15 is 0 Å². The molecule has 4 fully saturated rings. The molecule has 4 saturated carbocycles. The fourth-order valence-corrected chi connectivity index (χ4v) is 9.38. The molecule has 0 aromatic carbocycles. The van der Waals surface area contributed by atoms with Gasteiger partial charge in [0.2, 0.25) is 5.91 Å². The van der Waals surface area contributed by atoms with Crippen molar-refractivity contribution >= 4 is 17.8 Å². The molecule has 8 nitrogen and oxygen atoms in total. The first-order valence-electron chi connectivity index (χ1n) is 14.0. The third-order valence-corrected chi connectivity index (χ3v) is 11.3. The molecule has 0 saturated heterocycles. The van der Waals surface area contributed by atoms with Gasteiger partial charge in [-0.2, -0.15) is 0 Å². The zero-order valence-electron chi connectivity index (χ0n) is 22.0. The van der Waals surface area contributed by atoms with Gasteiger partial charge in [-0.1, -0.05) is 20.8 Å². The number of aliphatic hydroxyl groups excluding tert-OH is 2. The van der Waals surface area contributed by atoms with E-state index in [1.165, 1.54) is 0 Å². The number of aliphatic carboxylic acids is 2. The first-order valence-corrected chi connectivity index (χ1v) is 14.0. The van der Waals surface area contributed by atoms with Gasteiger partial charge in [-0.3, -0.25) is 9.59 Å². The van der Waals surface area contributed by atoms with Crippen molar-refractivity contribution in [2.75, 3.05) is 0 Å². The van der Waals surface area contributed by atoms with Gasteiger partial charge in [0, 0.05) is 6.42 Å². The van der Waals surface area contributed by atoms with Crippen LogP contribution in [0.3, 0.4) is 0 Å². The number of hydrogen-bond acceptors (Lipinski definition) is 5. The van der Waals surface area contributed by atoms with Gasteiger partial charge >= 0.3 is 11.9 Å². The van der Waals surface area contributed by atoms with Crippen LogP contribution >= 0.6 is 0 Å². The summed E-state index contributed by atoms with van der Waals surface area (Å²) in [6, 6.07) is -1.41. The van der Waals surface area contributed by atoms with Crippen LogP contribution in [0.25, 0.3) is 0 Å². The minimum absolute atomic E-state index is 0.113. The van der Waals surface area contributed by atoms with Gasteiger partial charge < -0.3 is 25.7 Å². The maximum Gasteiger partial charge on any atom is 0.326 e. The molecule has 0 aromatic heterocycles. The Kier molecular flexibility index (Phi) is 7.78. The molecule has 0 bridgehead atoms. The van der Waals surface area contributed by atoms with E-state index < -0.39 is 30.3 Å². The van der Waals surface area contributed by atoms with Gasteiger partial charge in [0.15, 0.2) is 0 Å². The lowest BCUT2D eigenvalue weighted by molar-refractivity contribution is -0.174. The number of carbonyl (C=O) groups is 3. The summed E-state index contributed by atoms with van der Waals surface area (Å²) in [7, 11) is 0. The Morgan fingerprint density at radius 2 is 1.61 bits per heavy atom. The van der Waals surface area contributed by atoms with Crippen LogP contribution in [0.2, 0.25) is 0 Å². The maximum atomic E-state index is 12.4. The van der Waals surface area contributed by atoms with Crippen molar-refractivity contribution in [3.63, 3.8) is 0 Å². The molecule has 0 aliphatic heterocycles. The van der Waals surface area contributed by atoms with Crippen molar-refractivity contribution in [3.05, 3.63) is 0 Å². The smallest absolute Gasteiger partial charge is 0.326 e. The number of fused-ring (bicyclic) bond motifs is 5. The van der Waals surface area contributed by atoms with E-state index in [0.717, 1.165) is 51.4 Å². The second kappa shape index (κ2) is 10.2. The highest BCUT2D eigenvalue weighted by Crippen LogP contribution is 2.68. The fourth-order valence-electron chi connectivity index (χ4n) is 9.38. The van der Waals surface area contributed by atoms with E-state index in [1.807, 2.05) is 0 Å². The topological polar surface area (TPSA) is 144 Å². The molecular weight excluding hydrogens is 462 g/mol. The zero-order chi connectivity index (χ0) is 26.4. The zero-order valence-corrected chi connectivity index (χ0v) is 22.0. The standard InChI is InChI=1S/C28H45NO7/c1-15(4-7-23(32)29-21(26(35)36)14-24(33)34)18-5-6-19-25-20(9-11-28(18,19)3)27(2)10-8-17(30)12-16(27)13-22(25)31/h15-22,25,30-31H,4-14H2,1-3H3,(H,29,32)(H,33,34)(H,35,36)/t15-,16+,17-,18-,19+,20+,21+,22-,25+,27+,28-/m1/s1. The van der Waals surface area contributed by atoms with Gasteiger partial charge in [-0.05, 0) is 104 Å². The molecule has 0 spiro atoms. The monoisotopic (exact) mass is 507 g/mol. The molecule has 0 heterocycles. The van der Waals surface area contributed by atoms with Gasteiger partial charge in [0.1, 0.15) is 6.04 Å². The summed E-state index contributed by atoms with van der Waals surface area (Å²) in [6.45, 7) is 6.99. The molecule has 5 N–H and O–H groups in total. The van der Waals surface area contributed by atoms with E-state index in [-0.39, 0.29) is 35.4 Å². The Bertz CT molecular complexity index is 863. The number of carbonyl (C=O) groups excluding carboxylic acids is 1. The summed E-state index contributed by atoms with van der Waals surface area (Å²) < 4.78 is 0. The molecule has 0 aromatic rings. The number of amides is 1. The molecule has 36 heavy (non-hydrogen) atoms. The van der Waals surface area contributed by atoms with Crippen molar-refractivity contribution in [1.29, 1.82) is 0 Å². The average molecular weight is 508 g/mol. The molecule has 0 radical (unpaired) electrons. The number of carboxylic acids is 2. The van der Waals surface area contributed by atoms with Crippen LogP contribution in [0.4, 0.5) is 0 Å². The van der Waals surface area contributed by atoms with Crippen molar-refractivity contribution in [2.45, 2.75) is 110 Å². The maximum absolute atomic E-state index is 12.4. The van der Waals surface area contributed by atoms with Crippen LogP contribution in [0.15, 0.2) is 0 Å². The van der Waals surface area contributed by atoms with E-state index in [0.29, 0.717) is 36.0 Å². The Labute approximate surface area is 214 Å². The Balaban J connectivity index is 1.40. The van der Waals surface area contributed by atoms with Gasteiger partial charge in [0.05, 0.1) is 18.6 Å². The molecule has 4 rings (SSSR count). The van der Waals surface area contributed by atoms with Crippen LogP contribution in [-0.4, -0.2) is 56.5 Å². The second-order valence-electron chi connectivity index (χ2n) is 13.0. The number of rotatable bonds is 8. The summed E-state index contributed by atoms with van der Waals surface area (Å²) in [6.07, 6.45) is 7.55. The molecule has 11 atom stereocenters. The number of aliphatic hydroxyl groups is 2. The molecule has 4 aliphatic carbocycles. The summed E-state index contributed by atoms with van der Waals surface area (Å²) >= 11 is 0. The van der Waals surface area contributed by atoms with Crippen molar-refractivity contribution in [3.8, 4) is 0 Å². The van der Waals surface area contributed by atoms with Crippen molar-refractivity contribution < 1.29 is 34.8 Å². The lowest BCUT2D eigenvalue weighted by atomic mass is 9.43. The highest BCUT2D eigenvalue weighted by Gasteiger charge is 2.62. The molecule has 204 valence electrons. The predicted octanol–water partition coefficient (Wildman–Crippen LogP) is 3.44. The lowest BCUT2D eigenvalue weighted by Gasteiger charge is -2.62. The summed E-state index contributed by atoms with van der Waals surface area (Å²) in [5.41, 5.74) is 0.311. The van der Waals surface area contributed by atoms with Crippen LogP contribution in [0.5, 0.6) is 0 Å². The van der Waals surface area contributed by atoms with Crippen molar-refractivity contribution in [1.82, 2.24) is 5.32 Å². The number of hydrogen-bond donors (Lipinski definition) is 5. The van der Waals surface area contributed by atoms with Crippen LogP contribution in [0.1, 0.15) is 91.4 Å². The predicted molar refractivity (Wildman–Crippen MR) is 133 cm³/mol. The SMILES string of the molecule is C[C@H](CCC(=O)N[C@@H](CC(=O)O)C(=O)O)[C@H]1CC[C@H]2[C@@H]3[C@H](O)C[C@@H]4C[C@H](O)CC[C@]4(C)[C@H]3CC[C@]12C. The Morgan fingerprint density at radius 3 is 2.28 bits per heavy atom. The third-order valence-electron chi connectivity index (χ3n) is 11.3. The van der Waals surface area contributed by atoms with Gasteiger partial charge in [-0.15, -0.1) is 0 Å². The van der Waals surface area contributed by atoms with Gasteiger partial charge in [0.25, 0.3) is 0 Å². The van der Waals surface area contributed by atoms with E-state index in [1.54, 1.807) is 0 Å². The molecular formula is C28H45NO7. The summed E-state index contributed by atoms with van der Waals surface area (Å²) in [5, 5.41) is 42.1. The second-order valence-corrected chi connectivity index (χ2v) is 13.0. The van der Waals surface area contributed by atoms with Crippen LogP contribution < -0.4 is 5.32 Å². The third kappa shape index (κ3) is 4.92.